The highest BCUT2D eigenvalue weighted by Crippen LogP contribution is 2.23. The first-order valence-electron chi connectivity index (χ1n) is 8.32. The fraction of sp³-hybridized carbons (Fsp3) is 0.706. The summed E-state index contributed by atoms with van der Waals surface area (Å²) in [6, 6.07) is 0. The third kappa shape index (κ3) is 5.34. The highest BCUT2D eigenvalue weighted by atomic mass is 32.2. The number of hydrogen-bond acceptors (Lipinski definition) is 5. The molecule has 0 spiro atoms. The molecule has 2 aliphatic rings. The molecule has 24 heavy (non-hydrogen) atoms. The smallest absolute Gasteiger partial charge is 0.410 e. The zero-order valence-electron chi connectivity index (χ0n) is 14.8. The second-order valence-corrected chi connectivity index (χ2v) is 9.12. The molecular formula is C17H27NO5S. The molecule has 7 heteroatoms. The molecule has 2 rings (SSSR count). The minimum Gasteiger partial charge on any atom is -0.444 e. The molecule has 1 atom stereocenters. The molecule has 1 aliphatic heterocycles. The van der Waals surface area contributed by atoms with E-state index in [1.165, 1.54) is 0 Å². The number of piperidine rings is 1. The van der Waals surface area contributed by atoms with Gasteiger partial charge in [0, 0.05) is 13.1 Å². The molecule has 0 radical (unpaired) electrons. The molecule has 0 aromatic carbocycles. The Morgan fingerprint density at radius 1 is 1.25 bits per heavy atom. The molecule has 1 amide bonds. The van der Waals surface area contributed by atoms with Gasteiger partial charge in [-0.3, -0.25) is 4.18 Å². The maximum absolute atomic E-state index is 12.4. The van der Waals surface area contributed by atoms with Crippen molar-refractivity contribution in [2.24, 2.45) is 0 Å². The maximum atomic E-state index is 12.4. The predicted molar refractivity (Wildman–Crippen MR) is 92.1 cm³/mol. The fourth-order valence-corrected chi connectivity index (χ4v) is 3.96. The van der Waals surface area contributed by atoms with Crippen LogP contribution in [0.2, 0.25) is 0 Å². The Bertz CT molecular complexity index is 622. The second-order valence-electron chi connectivity index (χ2n) is 7.34. The number of nitrogens with zero attached hydrogens (tertiary/aromatic N) is 1. The van der Waals surface area contributed by atoms with Crippen molar-refractivity contribution < 1.29 is 22.1 Å². The summed E-state index contributed by atoms with van der Waals surface area (Å²) in [4.78, 5) is 13.6. The molecule has 1 heterocycles. The largest absolute Gasteiger partial charge is 0.444 e. The number of rotatable bonds is 3. The van der Waals surface area contributed by atoms with E-state index in [-0.39, 0.29) is 12.2 Å². The Hall–Kier alpha value is -1.34. The van der Waals surface area contributed by atoms with Crippen LogP contribution in [-0.2, 0) is 19.0 Å². The SMILES string of the molecule is CC1=CCC(S(=O)(=O)OC2CCN(C(=O)OC(C)(C)C)CC2)C=C1. The highest BCUT2D eigenvalue weighted by Gasteiger charge is 2.32. The molecule has 0 aromatic heterocycles. The number of allylic oxidation sites excluding steroid dienone is 3. The zero-order valence-corrected chi connectivity index (χ0v) is 15.6. The van der Waals surface area contributed by atoms with Crippen molar-refractivity contribution in [3.63, 3.8) is 0 Å². The summed E-state index contributed by atoms with van der Waals surface area (Å²) in [5, 5.41) is -0.620. The summed E-state index contributed by atoms with van der Waals surface area (Å²) < 4.78 is 35.4. The van der Waals surface area contributed by atoms with Gasteiger partial charge in [-0.25, -0.2) is 4.79 Å². The normalized spacial score (nSPS) is 23.1. The number of ether oxygens (including phenoxy) is 1. The van der Waals surface area contributed by atoms with Crippen molar-refractivity contribution in [1.29, 1.82) is 0 Å². The Morgan fingerprint density at radius 3 is 2.38 bits per heavy atom. The van der Waals surface area contributed by atoms with Crippen molar-refractivity contribution >= 4 is 16.2 Å². The van der Waals surface area contributed by atoms with E-state index in [0.717, 1.165) is 5.57 Å². The van der Waals surface area contributed by atoms with Crippen molar-refractivity contribution in [1.82, 2.24) is 4.90 Å². The van der Waals surface area contributed by atoms with E-state index in [1.807, 2.05) is 33.8 Å². The van der Waals surface area contributed by atoms with Gasteiger partial charge in [-0.05, 0) is 47.0 Å². The molecule has 6 nitrogen and oxygen atoms in total. The van der Waals surface area contributed by atoms with Gasteiger partial charge in [0.2, 0.25) is 0 Å². The first-order chi connectivity index (χ1) is 11.1. The van der Waals surface area contributed by atoms with E-state index in [1.54, 1.807) is 17.1 Å². The van der Waals surface area contributed by atoms with E-state index >= 15 is 0 Å². The molecule has 1 saturated heterocycles. The molecule has 1 aliphatic carbocycles. The molecule has 0 saturated carbocycles. The summed E-state index contributed by atoms with van der Waals surface area (Å²) in [5.41, 5.74) is 0.527. The quantitative estimate of drug-likeness (QED) is 0.726. The van der Waals surface area contributed by atoms with Gasteiger partial charge in [-0.1, -0.05) is 23.8 Å². The lowest BCUT2D eigenvalue weighted by Crippen LogP contribution is -2.44. The number of carbonyl (C=O) groups is 1. The van der Waals surface area contributed by atoms with Gasteiger partial charge >= 0.3 is 6.09 Å². The monoisotopic (exact) mass is 357 g/mol. The molecule has 1 fully saturated rings. The van der Waals surface area contributed by atoms with Crippen molar-refractivity contribution in [2.75, 3.05) is 13.1 Å². The third-order valence-corrected chi connectivity index (χ3v) is 5.61. The van der Waals surface area contributed by atoms with E-state index in [4.69, 9.17) is 8.92 Å². The van der Waals surface area contributed by atoms with E-state index in [9.17, 15) is 13.2 Å². The Labute approximate surface area is 144 Å². The van der Waals surface area contributed by atoms with Crippen LogP contribution in [0.25, 0.3) is 0 Å². The molecule has 0 bridgehead atoms. The fourth-order valence-electron chi connectivity index (χ4n) is 2.64. The lowest BCUT2D eigenvalue weighted by molar-refractivity contribution is 0.0132. The number of carbonyl (C=O) groups excluding carboxylic acids is 1. The highest BCUT2D eigenvalue weighted by molar-refractivity contribution is 7.87. The van der Waals surface area contributed by atoms with Crippen LogP contribution in [-0.4, -0.2) is 49.5 Å². The Morgan fingerprint density at radius 2 is 1.88 bits per heavy atom. The van der Waals surface area contributed by atoms with Crippen LogP contribution >= 0.6 is 0 Å². The van der Waals surface area contributed by atoms with Gasteiger partial charge in [0.15, 0.2) is 0 Å². The minimum atomic E-state index is -3.64. The van der Waals surface area contributed by atoms with Gasteiger partial charge in [0.05, 0.1) is 6.10 Å². The van der Waals surface area contributed by atoms with Crippen molar-refractivity contribution in [3.8, 4) is 0 Å². The zero-order chi connectivity index (χ0) is 18.0. The topological polar surface area (TPSA) is 72.9 Å². The third-order valence-electron chi connectivity index (χ3n) is 3.98. The van der Waals surface area contributed by atoms with Crippen molar-refractivity contribution in [2.45, 2.75) is 63.9 Å². The first kappa shape index (κ1) is 19.0. The van der Waals surface area contributed by atoms with Gasteiger partial charge in [0.1, 0.15) is 10.9 Å². The van der Waals surface area contributed by atoms with Crippen LogP contribution in [0, 0.1) is 0 Å². The van der Waals surface area contributed by atoms with Crippen LogP contribution in [0.3, 0.4) is 0 Å². The Balaban J connectivity index is 1.85. The average Bonchev–Trinajstić information content (AvgIpc) is 2.46. The van der Waals surface area contributed by atoms with Crippen LogP contribution in [0.5, 0.6) is 0 Å². The maximum Gasteiger partial charge on any atom is 0.410 e. The lowest BCUT2D eigenvalue weighted by Gasteiger charge is -2.33. The van der Waals surface area contributed by atoms with Crippen molar-refractivity contribution in [3.05, 3.63) is 23.8 Å². The molecule has 0 N–H and O–H groups in total. The summed E-state index contributed by atoms with van der Waals surface area (Å²) in [6.45, 7) is 8.28. The van der Waals surface area contributed by atoms with E-state index in [2.05, 4.69) is 0 Å². The summed E-state index contributed by atoms with van der Waals surface area (Å²) in [7, 11) is -3.64. The summed E-state index contributed by atoms with van der Waals surface area (Å²) in [5.74, 6) is 0. The van der Waals surface area contributed by atoms with Gasteiger partial charge < -0.3 is 9.64 Å². The second kappa shape index (κ2) is 7.27. The van der Waals surface area contributed by atoms with Gasteiger partial charge in [0.25, 0.3) is 10.1 Å². The molecular weight excluding hydrogens is 330 g/mol. The average molecular weight is 357 g/mol. The van der Waals surface area contributed by atoms with Crippen LogP contribution in [0.1, 0.15) is 47.0 Å². The number of amides is 1. The standard InChI is InChI=1S/C17H27NO5S/c1-13-5-7-15(8-6-13)24(20,21)23-14-9-11-18(12-10-14)16(19)22-17(2,3)4/h5-7,14-15H,8-12H2,1-4H3. The summed E-state index contributed by atoms with van der Waals surface area (Å²) >= 11 is 0. The van der Waals surface area contributed by atoms with E-state index in [0.29, 0.717) is 32.4 Å². The minimum absolute atomic E-state index is 0.361. The van der Waals surface area contributed by atoms with Gasteiger partial charge in [-0.2, -0.15) is 8.42 Å². The lowest BCUT2D eigenvalue weighted by atomic mass is 10.1. The molecule has 0 aromatic rings. The van der Waals surface area contributed by atoms with Crippen LogP contribution in [0.4, 0.5) is 4.79 Å². The van der Waals surface area contributed by atoms with Crippen LogP contribution in [0.15, 0.2) is 23.8 Å². The molecule has 136 valence electrons. The number of hydrogen-bond donors (Lipinski definition) is 0. The molecule has 1 unspecified atom stereocenters. The first-order valence-corrected chi connectivity index (χ1v) is 9.79. The van der Waals surface area contributed by atoms with Crippen LogP contribution < -0.4 is 0 Å². The predicted octanol–water partition coefficient (Wildman–Crippen LogP) is 3.01. The summed E-state index contributed by atoms with van der Waals surface area (Å²) in [6.07, 6.45) is 6.07. The Kier molecular flexibility index (Phi) is 5.75. The van der Waals surface area contributed by atoms with Gasteiger partial charge in [-0.15, -0.1) is 0 Å². The van der Waals surface area contributed by atoms with E-state index < -0.39 is 21.0 Å². The number of likely N-dealkylation sites (tertiary alicyclic amines) is 1.